The zero-order chi connectivity index (χ0) is 11.8. The minimum atomic E-state index is -0.896. The lowest BCUT2D eigenvalue weighted by Crippen LogP contribution is -2.42. The van der Waals surface area contributed by atoms with Crippen LogP contribution < -0.4 is 0 Å². The molecule has 1 aliphatic rings. The summed E-state index contributed by atoms with van der Waals surface area (Å²) in [6.45, 7) is 4.08. The molecule has 1 aromatic carbocycles. The largest absolute Gasteiger partial charge is 0.383 e. The Labute approximate surface area is 95.7 Å². The molecule has 3 nitrogen and oxygen atoms in total. The lowest BCUT2D eigenvalue weighted by atomic mass is 9.87. The second-order valence-corrected chi connectivity index (χ2v) is 4.43. The Hall–Kier alpha value is -1.35. The number of likely N-dealkylation sites (tertiary alicyclic amines) is 1. The quantitative estimate of drug-likeness (QED) is 0.778. The Morgan fingerprint density at radius 1 is 1.44 bits per heavy atom. The molecule has 1 saturated heterocycles. The fraction of sp³-hybridized carbons (Fsp3) is 0.462. The van der Waals surface area contributed by atoms with Crippen molar-refractivity contribution in [3.05, 3.63) is 35.9 Å². The molecule has 1 aliphatic heterocycles. The van der Waals surface area contributed by atoms with Crippen molar-refractivity contribution in [1.82, 2.24) is 4.90 Å². The molecule has 0 unspecified atom stereocenters. The van der Waals surface area contributed by atoms with Crippen molar-refractivity contribution in [3.63, 3.8) is 0 Å². The standard InChI is InChI=1S/C13H17NO2/c1-10-13(16,8-9-14(10)11(2)15)12-6-4-3-5-7-12/h3-7,10,16H,8-9H2,1-2H3/t10-,13+/m1/s1. The highest BCUT2D eigenvalue weighted by atomic mass is 16.3. The molecule has 2 rings (SSSR count). The van der Waals surface area contributed by atoms with Crippen LogP contribution in [0.25, 0.3) is 0 Å². The number of carbonyl (C=O) groups excluding carboxylic acids is 1. The van der Waals surface area contributed by atoms with Crippen molar-refractivity contribution in [3.8, 4) is 0 Å². The minimum absolute atomic E-state index is 0.0272. The minimum Gasteiger partial charge on any atom is -0.383 e. The van der Waals surface area contributed by atoms with E-state index in [2.05, 4.69) is 0 Å². The molecular formula is C13H17NO2. The van der Waals surface area contributed by atoms with Gasteiger partial charge in [-0.05, 0) is 18.9 Å². The zero-order valence-corrected chi connectivity index (χ0v) is 9.68. The summed E-state index contributed by atoms with van der Waals surface area (Å²) in [6, 6.07) is 9.43. The van der Waals surface area contributed by atoms with Gasteiger partial charge in [0.1, 0.15) is 5.60 Å². The smallest absolute Gasteiger partial charge is 0.219 e. The Morgan fingerprint density at radius 3 is 2.56 bits per heavy atom. The van der Waals surface area contributed by atoms with Crippen molar-refractivity contribution < 1.29 is 9.90 Å². The first-order valence-corrected chi connectivity index (χ1v) is 5.61. The number of hydrogen-bond acceptors (Lipinski definition) is 2. The SMILES string of the molecule is CC(=O)N1CC[C@@](O)(c2ccccc2)[C@H]1C. The van der Waals surface area contributed by atoms with Gasteiger partial charge in [-0.1, -0.05) is 30.3 Å². The van der Waals surface area contributed by atoms with Crippen molar-refractivity contribution >= 4 is 5.91 Å². The van der Waals surface area contributed by atoms with E-state index >= 15 is 0 Å². The fourth-order valence-electron chi connectivity index (χ4n) is 2.49. The van der Waals surface area contributed by atoms with Crippen LogP contribution in [0, 0.1) is 0 Å². The molecule has 0 radical (unpaired) electrons. The highest BCUT2D eigenvalue weighted by Gasteiger charge is 2.45. The highest BCUT2D eigenvalue weighted by molar-refractivity contribution is 5.74. The second kappa shape index (κ2) is 3.91. The third-order valence-corrected chi connectivity index (χ3v) is 3.57. The molecule has 86 valence electrons. The summed E-state index contributed by atoms with van der Waals surface area (Å²) in [7, 11) is 0. The average Bonchev–Trinajstić information content (AvgIpc) is 2.58. The van der Waals surface area contributed by atoms with Crippen LogP contribution in [0.3, 0.4) is 0 Å². The summed E-state index contributed by atoms with van der Waals surface area (Å²) in [5.41, 5.74) is -0.00123. The second-order valence-electron chi connectivity index (χ2n) is 4.43. The van der Waals surface area contributed by atoms with E-state index in [1.54, 1.807) is 11.8 Å². The molecular weight excluding hydrogens is 202 g/mol. The Bertz CT molecular complexity index is 390. The van der Waals surface area contributed by atoms with E-state index in [0.717, 1.165) is 5.56 Å². The van der Waals surface area contributed by atoms with E-state index in [-0.39, 0.29) is 11.9 Å². The van der Waals surface area contributed by atoms with Gasteiger partial charge in [-0.25, -0.2) is 0 Å². The first-order chi connectivity index (χ1) is 7.55. The van der Waals surface area contributed by atoms with Crippen molar-refractivity contribution in [1.29, 1.82) is 0 Å². The van der Waals surface area contributed by atoms with Gasteiger partial charge in [0.05, 0.1) is 6.04 Å². The molecule has 1 aromatic rings. The topological polar surface area (TPSA) is 40.5 Å². The molecule has 0 spiro atoms. The summed E-state index contributed by atoms with van der Waals surface area (Å²) in [5.74, 6) is 0.0272. The first-order valence-electron chi connectivity index (χ1n) is 5.61. The molecule has 16 heavy (non-hydrogen) atoms. The van der Waals surface area contributed by atoms with Gasteiger partial charge in [0.2, 0.25) is 5.91 Å². The van der Waals surface area contributed by atoms with Gasteiger partial charge in [0.25, 0.3) is 0 Å². The summed E-state index contributed by atoms with van der Waals surface area (Å²) in [6.07, 6.45) is 0.609. The van der Waals surface area contributed by atoms with Crippen molar-refractivity contribution in [2.24, 2.45) is 0 Å². The normalized spacial score (nSPS) is 29.4. The van der Waals surface area contributed by atoms with E-state index in [4.69, 9.17) is 0 Å². The predicted octanol–water partition coefficient (Wildman–Crippen LogP) is 1.51. The van der Waals surface area contributed by atoms with Gasteiger partial charge in [0.15, 0.2) is 0 Å². The molecule has 0 bridgehead atoms. The lowest BCUT2D eigenvalue weighted by molar-refractivity contribution is -0.131. The van der Waals surface area contributed by atoms with Gasteiger partial charge in [0, 0.05) is 13.5 Å². The van der Waals surface area contributed by atoms with E-state index in [0.29, 0.717) is 13.0 Å². The van der Waals surface area contributed by atoms with E-state index in [1.165, 1.54) is 0 Å². The molecule has 1 heterocycles. The van der Waals surface area contributed by atoms with Gasteiger partial charge in [-0.2, -0.15) is 0 Å². The molecule has 0 saturated carbocycles. The number of rotatable bonds is 1. The van der Waals surface area contributed by atoms with Crippen LogP contribution in [-0.4, -0.2) is 28.5 Å². The van der Waals surface area contributed by atoms with Crippen LogP contribution in [-0.2, 0) is 10.4 Å². The molecule has 1 amide bonds. The van der Waals surface area contributed by atoms with Crippen LogP contribution in [0.5, 0.6) is 0 Å². The van der Waals surface area contributed by atoms with Gasteiger partial charge in [-0.15, -0.1) is 0 Å². The summed E-state index contributed by atoms with van der Waals surface area (Å²) in [5, 5.41) is 10.7. The number of nitrogens with zero attached hydrogens (tertiary/aromatic N) is 1. The van der Waals surface area contributed by atoms with Crippen molar-refractivity contribution in [2.75, 3.05) is 6.54 Å². The number of aliphatic hydroxyl groups is 1. The molecule has 1 fully saturated rings. The predicted molar refractivity (Wildman–Crippen MR) is 61.8 cm³/mol. The number of benzene rings is 1. The third-order valence-electron chi connectivity index (χ3n) is 3.57. The van der Waals surface area contributed by atoms with Gasteiger partial charge in [-0.3, -0.25) is 4.79 Å². The number of carbonyl (C=O) groups is 1. The summed E-state index contributed by atoms with van der Waals surface area (Å²) >= 11 is 0. The van der Waals surface area contributed by atoms with Gasteiger partial charge < -0.3 is 10.0 Å². The Balaban J connectivity index is 2.31. The van der Waals surface area contributed by atoms with Crippen LogP contribution in [0.2, 0.25) is 0 Å². The van der Waals surface area contributed by atoms with E-state index < -0.39 is 5.60 Å². The summed E-state index contributed by atoms with van der Waals surface area (Å²) < 4.78 is 0. The summed E-state index contributed by atoms with van der Waals surface area (Å²) in [4.78, 5) is 13.1. The molecule has 0 aliphatic carbocycles. The molecule has 0 aromatic heterocycles. The van der Waals surface area contributed by atoms with Crippen LogP contribution in [0.1, 0.15) is 25.8 Å². The van der Waals surface area contributed by atoms with Crippen LogP contribution in [0.4, 0.5) is 0 Å². The molecule has 2 atom stereocenters. The monoisotopic (exact) mass is 219 g/mol. The highest BCUT2D eigenvalue weighted by Crippen LogP contribution is 2.37. The Kier molecular flexibility index (Phi) is 2.72. The van der Waals surface area contributed by atoms with E-state index in [9.17, 15) is 9.90 Å². The fourth-order valence-corrected chi connectivity index (χ4v) is 2.49. The maximum absolute atomic E-state index is 11.4. The zero-order valence-electron chi connectivity index (χ0n) is 9.68. The first kappa shape index (κ1) is 11.1. The van der Waals surface area contributed by atoms with Crippen LogP contribution in [0.15, 0.2) is 30.3 Å². The lowest BCUT2D eigenvalue weighted by Gasteiger charge is -2.31. The van der Waals surface area contributed by atoms with E-state index in [1.807, 2.05) is 37.3 Å². The average molecular weight is 219 g/mol. The van der Waals surface area contributed by atoms with Crippen LogP contribution >= 0.6 is 0 Å². The molecule has 1 N–H and O–H groups in total. The maximum Gasteiger partial charge on any atom is 0.219 e. The number of hydrogen-bond donors (Lipinski definition) is 1. The van der Waals surface area contributed by atoms with Crippen molar-refractivity contribution in [2.45, 2.75) is 31.9 Å². The number of amides is 1. The third kappa shape index (κ3) is 1.61. The Morgan fingerprint density at radius 2 is 2.06 bits per heavy atom. The molecule has 3 heteroatoms. The maximum atomic E-state index is 11.4. The van der Waals surface area contributed by atoms with Gasteiger partial charge >= 0.3 is 0 Å².